The van der Waals surface area contributed by atoms with Gasteiger partial charge in [0, 0.05) is 16.3 Å². The van der Waals surface area contributed by atoms with E-state index in [0.717, 1.165) is 11.1 Å². The van der Waals surface area contributed by atoms with E-state index < -0.39 is 0 Å². The van der Waals surface area contributed by atoms with Crippen LogP contribution in [0.4, 0.5) is 5.95 Å². The van der Waals surface area contributed by atoms with Gasteiger partial charge < -0.3 is 4.52 Å². The molecule has 1 amide bonds. The summed E-state index contributed by atoms with van der Waals surface area (Å²) in [5.74, 6) is 1.46. The van der Waals surface area contributed by atoms with Crippen LogP contribution in [0.25, 0.3) is 0 Å². The van der Waals surface area contributed by atoms with Crippen molar-refractivity contribution in [3.05, 3.63) is 51.9 Å². The van der Waals surface area contributed by atoms with Crippen LogP contribution in [0.3, 0.4) is 0 Å². The van der Waals surface area contributed by atoms with Crippen LogP contribution in [-0.2, 0) is 17.0 Å². The fourth-order valence-corrected chi connectivity index (χ4v) is 3.07. The lowest BCUT2D eigenvalue weighted by Crippen LogP contribution is -2.16. The average molecular weight is 378 g/mol. The number of carbonyl (C=O) groups excluding carboxylic acids is 1. The second-order valence-electron chi connectivity index (χ2n) is 5.41. The number of amides is 1. The molecule has 0 aliphatic heterocycles. The molecule has 3 aromatic rings. The first-order valence-corrected chi connectivity index (χ1v) is 8.89. The molecule has 0 spiro atoms. The van der Waals surface area contributed by atoms with Crippen molar-refractivity contribution in [1.29, 1.82) is 0 Å². The number of thioether (sulfide) groups is 1. The fourth-order valence-electron chi connectivity index (χ4n) is 2.19. The Hall–Kier alpha value is -2.32. The molecule has 2 N–H and O–H groups in total. The minimum absolute atomic E-state index is 0.176. The summed E-state index contributed by atoms with van der Waals surface area (Å²) in [6.07, 6.45) is 0.176. The van der Waals surface area contributed by atoms with Gasteiger partial charge in [0.2, 0.25) is 17.0 Å². The third kappa shape index (κ3) is 4.61. The number of hydrogen-bond donors (Lipinski definition) is 2. The van der Waals surface area contributed by atoms with Crippen LogP contribution in [0.5, 0.6) is 0 Å². The number of halogens is 1. The topological polar surface area (TPSA) is 96.7 Å². The van der Waals surface area contributed by atoms with E-state index >= 15 is 0 Å². The number of rotatable bonds is 6. The maximum atomic E-state index is 12.1. The van der Waals surface area contributed by atoms with Crippen molar-refractivity contribution in [2.24, 2.45) is 0 Å². The van der Waals surface area contributed by atoms with E-state index in [9.17, 15) is 4.79 Å². The molecule has 0 radical (unpaired) electrons. The largest absolute Gasteiger partial charge is 0.361 e. The highest BCUT2D eigenvalue weighted by atomic mass is 35.5. The monoisotopic (exact) mass is 377 g/mol. The van der Waals surface area contributed by atoms with E-state index in [-0.39, 0.29) is 12.3 Å². The number of benzene rings is 1. The Labute approximate surface area is 153 Å². The smallest absolute Gasteiger partial charge is 0.231 e. The van der Waals surface area contributed by atoms with Gasteiger partial charge >= 0.3 is 0 Å². The molecule has 130 valence electrons. The average Bonchev–Trinajstić information content (AvgIpc) is 3.16. The molecular weight excluding hydrogens is 362 g/mol. The van der Waals surface area contributed by atoms with Crippen molar-refractivity contribution in [2.75, 3.05) is 5.32 Å². The number of anilines is 1. The number of carbonyl (C=O) groups is 1. The Balaban J connectivity index is 1.54. The highest BCUT2D eigenvalue weighted by molar-refractivity contribution is 7.98. The predicted molar refractivity (Wildman–Crippen MR) is 95.7 cm³/mol. The van der Waals surface area contributed by atoms with E-state index in [1.165, 1.54) is 11.8 Å². The summed E-state index contributed by atoms with van der Waals surface area (Å²) in [5, 5.41) is 14.6. The summed E-state index contributed by atoms with van der Waals surface area (Å²) in [7, 11) is 0. The molecule has 0 fully saturated rings. The Kier molecular flexibility index (Phi) is 5.40. The van der Waals surface area contributed by atoms with Gasteiger partial charge in [-0.25, -0.2) is 5.10 Å². The quantitative estimate of drug-likeness (QED) is 0.638. The zero-order valence-corrected chi connectivity index (χ0v) is 15.2. The maximum absolute atomic E-state index is 12.1. The van der Waals surface area contributed by atoms with Crippen LogP contribution >= 0.6 is 23.4 Å². The van der Waals surface area contributed by atoms with Crippen molar-refractivity contribution >= 4 is 35.2 Å². The number of nitrogens with zero attached hydrogens (tertiary/aromatic N) is 3. The molecule has 0 aliphatic rings. The number of aromatic nitrogens is 4. The van der Waals surface area contributed by atoms with Gasteiger partial charge in [0.1, 0.15) is 5.76 Å². The summed E-state index contributed by atoms with van der Waals surface area (Å²) in [4.78, 5) is 16.4. The SMILES string of the molecule is Cc1noc(C)c1CC(=O)Nc1nc(SCc2ccc(Cl)cc2)n[nH]1. The molecule has 0 saturated carbocycles. The number of H-pyrrole nitrogens is 1. The van der Waals surface area contributed by atoms with E-state index in [0.29, 0.717) is 33.3 Å². The van der Waals surface area contributed by atoms with Crippen molar-refractivity contribution < 1.29 is 9.32 Å². The third-order valence-electron chi connectivity index (χ3n) is 3.52. The molecule has 25 heavy (non-hydrogen) atoms. The highest BCUT2D eigenvalue weighted by Gasteiger charge is 2.15. The molecule has 2 aromatic heterocycles. The Bertz CT molecular complexity index is 856. The van der Waals surface area contributed by atoms with Gasteiger partial charge in [-0.3, -0.25) is 10.1 Å². The van der Waals surface area contributed by atoms with Crippen molar-refractivity contribution in [3.63, 3.8) is 0 Å². The standard InChI is InChI=1S/C16H16ClN5O2S/c1-9-13(10(2)24-22-9)7-14(23)18-15-19-16(21-20-15)25-8-11-3-5-12(17)6-4-11/h3-6H,7-8H2,1-2H3,(H2,18,19,20,21,23). The zero-order chi connectivity index (χ0) is 17.8. The van der Waals surface area contributed by atoms with Crippen molar-refractivity contribution in [1.82, 2.24) is 20.3 Å². The van der Waals surface area contributed by atoms with Gasteiger partial charge in [-0.1, -0.05) is 40.7 Å². The maximum Gasteiger partial charge on any atom is 0.231 e. The molecule has 0 unspecified atom stereocenters. The number of nitrogens with one attached hydrogen (secondary N) is 2. The Morgan fingerprint density at radius 1 is 1.32 bits per heavy atom. The first-order valence-electron chi connectivity index (χ1n) is 7.52. The van der Waals surface area contributed by atoms with Crippen molar-refractivity contribution in [3.8, 4) is 0 Å². The summed E-state index contributed by atoms with van der Waals surface area (Å²) >= 11 is 7.33. The molecule has 0 bridgehead atoms. The second kappa shape index (κ2) is 7.71. The summed E-state index contributed by atoms with van der Waals surface area (Å²) < 4.78 is 5.05. The first-order chi connectivity index (χ1) is 12.0. The van der Waals surface area contributed by atoms with Crippen LogP contribution in [0.2, 0.25) is 5.02 Å². The first kappa shape index (κ1) is 17.5. The number of hydrogen-bond acceptors (Lipinski definition) is 6. The van der Waals surface area contributed by atoms with Crippen LogP contribution < -0.4 is 5.32 Å². The van der Waals surface area contributed by atoms with E-state index in [2.05, 4.69) is 25.7 Å². The Morgan fingerprint density at radius 2 is 2.08 bits per heavy atom. The van der Waals surface area contributed by atoms with Gasteiger partial charge in [0.05, 0.1) is 12.1 Å². The zero-order valence-electron chi connectivity index (χ0n) is 13.7. The molecule has 0 atom stereocenters. The van der Waals surface area contributed by atoms with Gasteiger partial charge in [-0.05, 0) is 31.5 Å². The predicted octanol–water partition coefficient (Wildman–Crippen LogP) is 3.54. The van der Waals surface area contributed by atoms with Gasteiger partial charge in [-0.2, -0.15) is 4.98 Å². The highest BCUT2D eigenvalue weighted by Crippen LogP contribution is 2.21. The number of aryl methyl sites for hydroxylation is 2. The third-order valence-corrected chi connectivity index (χ3v) is 4.69. The van der Waals surface area contributed by atoms with Gasteiger partial charge in [0.25, 0.3) is 0 Å². The van der Waals surface area contributed by atoms with Crippen molar-refractivity contribution in [2.45, 2.75) is 31.2 Å². The van der Waals surface area contributed by atoms with E-state index in [1.54, 1.807) is 13.8 Å². The Morgan fingerprint density at radius 3 is 2.76 bits per heavy atom. The summed E-state index contributed by atoms with van der Waals surface area (Å²) in [6, 6.07) is 7.59. The fraction of sp³-hybridized carbons (Fsp3) is 0.250. The lowest BCUT2D eigenvalue weighted by molar-refractivity contribution is -0.115. The van der Waals surface area contributed by atoms with Crippen LogP contribution in [0.15, 0.2) is 33.9 Å². The normalized spacial score (nSPS) is 10.8. The molecule has 7 nitrogen and oxygen atoms in total. The lowest BCUT2D eigenvalue weighted by atomic mass is 10.1. The lowest BCUT2D eigenvalue weighted by Gasteiger charge is -2.01. The second-order valence-corrected chi connectivity index (χ2v) is 6.79. The molecule has 1 aromatic carbocycles. The molecule has 3 rings (SSSR count). The summed E-state index contributed by atoms with van der Waals surface area (Å²) in [6.45, 7) is 3.58. The number of aromatic amines is 1. The van der Waals surface area contributed by atoms with Crippen LogP contribution in [0.1, 0.15) is 22.6 Å². The van der Waals surface area contributed by atoms with E-state index in [1.807, 2.05) is 24.3 Å². The van der Waals surface area contributed by atoms with Gasteiger partial charge in [0.15, 0.2) is 0 Å². The van der Waals surface area contributed by atoms with E-state index in [4.69, 9.17) is 16.1 Å². The van der Waals surface area contributed by atoms with Crippen LogP contribution in [-0.4, -0.2) is 26.2 Å². The van der Waals surface area contributed by atoms with Crippen LogP contribution in [0, 0.1) is 13.8 Å². The molecular formula is C16H16ClN5O2S. The summed E-state index contributed by atoms with van der Waals surface area (Å²) in [5.41, 5.74) is 2.61. The van der Waals surface area contributed by atoms with Gasteiger partial charge in [-0.15, -0.1) is 5.10 Å². The molecule has 2 heterocycles. The minimum Gasteiger partial charge on any atom is -0.361 e. The molecule has 0 aliphatic carbocycles. The molecule has 0 saturated heterocycles. The molecule has 9 heteroatoms. The minimum atomic E-state index is -0.209.